The largest absolute Gasteiger partial charge is 0.317 e. The summed E-state index contributed by atoms with van der Waals surface area (Å²) >= 11 is 0. The summed E-state index contributed by atoms with van der Waals surface area (Å²) in [5.74, 6) is 0. The van der Waals surface area contributed by atoms with Crippen molar-refractivity contribution in [3.8, 4) is 34.3 Å². The molecule has 0 fully saturated rings. The first kappa shape index (κ1) is 30.7. The molecule has 0 N–H and O–H groups in total. The standard InChI is InChI=1S/C50H29N5/c1-52-49-35(33-25-27-34(28-26-33)53-42-18-6-2-12-36(42)37-13-3-7-19-43(37)53)16-10-22-47(49)55-45-21-9-4-14-38(45)40-17-11-23-48(50(40)55)54-44-20-8-5-15-39(44)41-30-32(31-51)24-29-46(41)54/h2-30H. The molecule has 8 aromatic carbocycles. The molecule has 0 bridgehead atoms. The Morgan fingerprint density at radius 2 is 0.945 bits per heavy atom. The van der Waals surface area contributed by atoms with Crippen molar-refractivity contribution in [3.63, 3.8) is 0 Å². The van der Waals surface area contributed by atoms with Crippen LogP contribution in [0, 0.1) is 17.9 Å². The fraction of sp³-hybridized carbons (Fsp3) is 0. The molecule has 0 saturated heterocycles. The third-order valence-electron chi connectivity index (χ3n) is 11.1. The average Bonchev–Trinajstić information content (AvgIpc) is 3.89. The van der Waals surface area contributed by atoms with E-state index in [4.69, 9.17) is 6.57 Å². The van der Waals surface area contributed by atoms with Gasteiger partial charge in [0.1, 0.15) is 0 Å². The highest BCUT2D eigenvalue weighted by Crippen LogP contribution is 2.44. The van der Waals surface area contributed by atoms with Crippen LogP contribution in [0.2, 0.25) is 0 Å². The second-order valence-electron chi connectivity index (χ2n) is 13.9. The number of hydrogen-bond acceptors (Lipinski definition) is 1. The first-order chi connectivity index (χ1) is 27.2. The lowest BCUT2D eigenvalue weighted by Gasteiger charge is -2.17. The molecule has 0 amide bonds. The van der Waals surface area contributed by atoms with Gasteiger partial charge in [-0.15, -0.1) is 0 Å². The minimum absolute atomic E-state index is 0.588. The minimum atomic E-state index is 0.588. The van der Waals surface area contributed by atoms with Gasteiger partial charge in [-0.3, -0.25) is 0 Å². The van der Waals surface area contributed by atoms with Gasteiger partial charge in [0.15, 0.2) is 0 Å². The Hall–Kier alpha value is -7.86. The smallest absolute Gasteiger partial charge is 0.218 e. The Kier molecular flexibility index (Phi) is 6.61. The Labute approximate surface area is 316 Å². The zero-order chi connectivity index (χ0) is 36.6. The Balaban J connectivity index is 1.14. The zero-order valence-electron chi connectivity index (χ0n) is 29.5. The number of aromatic nitrogens is 3. The predicted octanol–water partition coefficient (Wildman–Crippen LogP) is 13.1. The maximum absolute atomic E-state index is 9.78. The summed E-state index contributed by atoms with van der Waals surface area (Å²) in [6.07, 6.45) is 0. The van der Waals surface area contributed by atoms with Gasteiger partial charge in [-0.1, -0.05) is 109 Å². The fourth-order valence-corrected chi connectivity index (χ4v) is 8.79. The fourth-order valence-electron chi connectivity index (χ4n) is 8.79. The van der Waals surface area contributed by atoms with Gasteiger partial charge in [-0.25, -0.2) is 4.85 Å². The summed E-state index contributed by atoms with van der Waals surface area (Å²) in [6, 6.07) is 63.4. The average molecular weight is 700 g/mol. The minimum Gasteiger partial charge on any atom is -0.317 e. The summed E-state index contributed by atoms with van der Waals surface area (Å²) < 4.78 is 6.89. The van der Waals surface area contributed by atoms with Crippen LogP contribution in [-0.2, 0) is 0 Å². The number of fused-ring (bicyclic) bond motifs is 9. The number of nitrogens with zero attached hydrogens (tertiary/aromatic N) is 5. The second kappa shape index (κ2) is 11.8. The molecule has 254 valence electrons. The molecular formula is C50H29N5. The van der Waals surface area contributed by atoms with Gasteiger partial charge >= 0.3 is 0 Å². The number of para-hydroxylation sites is 6. The molecule has 0 saturated carbocycles. The lowest BCUT2D eigenvalue weighted by atomic mass is 10.0. The molecule has 0 spiro atoms. The molecule has 5 heteroatoms. The third-order valence-corrected chi connectivity index (χ3v) is 11.1. The quantitative estimate of drug-likeness (QED) is 0.169. The van der Waals surface area contributed by atoms with Crippen LogP contribution in [0.15, 0.2) is 176 Å². The summed E-state index contributed by atoms with van der Waals surface area (Å²) in [5.41, 5.74) is 12.4. The molecule has 0 aliphatic heterocycles. The van der Waals surface area contributed by atoms with Crippen LogP contribution in [0.25, 0.3) is 98.5 Å². The molecule has 3 aromatic heterocycles. The number of benzene rings is 8. The Bertz CT molecular complexity index is 3400. The molecule has 55 heavy (non-hydrogen) atoms. The van der Waals surface area contributed by atoms with Crippen molar-refractivity contribution in [1.82, 2.24) is 13.7 Å². The van der Waals surface area contributed by atoms with Crippen LogP contribution in [0.4, 0.5) is 5.69 Å². The molecule has 11 rings (SSSR count). The van der Waals surface area contributed by atoms with Crippen molar-refractivity contribution in [3.05, 3.63) is 193 Å². The van der Waals surface area contributed by atoms with E-state index in [0.29, 0.717) is 11.3 Å². The van der Waals surface area contributed by atoms with Gasteiger partial charge in [-0.05, 0) is 77.9 Å². The van der Waals surface area contributed by atoms with Crippen LogP contribution < -0.4 is 0 Å². The topological polar surface area (TPSA) is 42.9 Å². The van der Waals surface area contributed by atoms with E-state index in [1.54, 1.807) is 0 Å². The zero-order valence-corrected chi connectivity index (χ0v) is 29.5. The number of nitriles is 1. The van der Waals surface area contributed by atoms with E-state index in [2.05, 4.69) is 176 Å². The first-order valence-electron chi connectivity index (χ1n) is 18.3. The number of hydrogen-bond donors (Lipinski definition) is 0. The molecule has 0 aliphatic carbocycles. The lowest BCUT2D eigenvalue weighted by Crippen LogP contribution is -2.01. The van der Waals surface area contributed by atoms with Gasteiger partial charge in [0.25, 0.3) is 0 Å². The van der Waals surface area contributed by atoms with E-state index in [0.717, 1.165) is 82.8 Å². The first-order valence-corrected chi connectivity index (χ1v) is 18.3. The van der Waals surface area contributed by atoms with E-state index in [9.17, 15) is 5.26 Å². The molecule has 11 aromatic rings. The van der Waals surface area contributed by atoms with Crippen LogP contribution >= 0.6 is 0 Å². The van der Waals surface area contributed by atoms with Crippen LogP contribution in [-0.4, -0.2) is 13.7 Å². The van der Waals surface area contributed by atoms with Gasteiger partial charge in [0.05, 0.1) is 62.7 Å². The van der Waals surface area contributed by atoms with Gasteiger partial charge < -0.3 is 13.7 Å². The van der Waals surface area contributed by atoms with Crippen LogP contribution in [0.5, 0.6) is 0 Å². The van der Waals surface area contributed by atoms with Crippen molar-refractivity contribution in [2.45, 2.75) is 0 Å². The molecule has 0 aliphatic rings. The van der Waals surface area contributed by atoms with Crippen molar-refractivity contribution in [1.29, 1.82) is 5.26 Å². The predicted molar refractivity (Wildman–Crippen MR) is 226 cm³/mol. The van der Waals surface area contributed by atoms with Crippen LogP contribution in [0.1, 0.15) is 5.56 Å². The van der Waals surface area contributed by atoms with Crippen molar-refractivity contribution < 1.29 is 0 Å². The van der Waals surface area contributed by atoms with Gasteiger partial charge in [0.2, 0.25) is 5.69 Å². The molecule has 0 unspecified atom stereocenters. The highest BCUT2D eigenvalue weighted by atomic mass is 15.1. The monoisotopic (exact) mass is 699 g/mol. The maximum Gasteiger partial charge on any atom is 0.218 e. The summed E-state index contributed by atoms with van der Waals surface area (Å²) in [6.45, 7) is 8.65. The molecular weight excluding hydrogens is 671 g/mol. The van der Waals surface area contributed by atoms with E-state index >= 15 is 0 Å². The van der Waals surface area contributed by atoms with Gasteiger partial charge in [-0.2, -0.15) is 5.26 Å². The Morgan fingerprint density at radius 1 is 0.436 bits per heavy atom. The van der Waals surface area contributed by atoms with Crippen molar-refractivity contribution >= 4 is 71.1 Å². The maximum atomic E-state index is 9.78. The lowest BCUT2D eigenvalue weighted by molar-refractivity contribution is 1.13. The van der Waals surface area contributed by atoms with E-state index in [-0.39, 0.29) is 0 Å². The summed E-state index contributed by atoms with van der Waals surface area (Å²) in [7, 11) is 0. The highest BCUT2D eigenvalue weighted by molar-refractivity contribution is 6.16. The van der Waals surface area contributed by atoms with E-state index < -0.39 is 0 Å². The highest BCUT2D eigenvalue weighted by Gasteiger charge is 2.22. The SMILES string of the molecule is [C-]#[N+]c1c(-c2ccc(-n3c4ccccc4c4ccccc43)cc2)cccc1-n1c2ccccc2c2cccc(-n3c4ccccc4c4cc(C#N)ccc43)c21. The van der Waals surface area contributed by atoms with E-state index in [1.165, 1.54) is 10.8 Å². The molecule has 3 heterocycles. The molecule has 0 atom stereocenters. The van der Waals surface area contributed by atoms with Gasteiger partial charge in [0, 0.05) is 38.0 Å². The molecule has 5 nitrogen and oxygen atoms in total. The van der Waals surface area contributed by atoms with E-state index in [1.807, 2.05) is 24.3 Å². The summed E-state index contributed by atoms with van der Waals surface area (Å²) in [4.78, 5) is 4.27. The summed E-state index contributed by atoms with van der Waals surface area (Å²) in [5, 5.41) is 16.6. The second-order valence-corrected chi connectivity index (χ2v) is 13.9. The van der Waals surface area contributed by atoms with Crippen LogP contribution in [0.3, 0.4) is 0 Å². The Morgan fingerprint density at radius 3 is 1.58 bits per heavy atom. The normalized spacial score (nSPS) is 11.6. The third kappa shape index (κ3) is 4.39. The van der Waals surface area contributed by atoms with Crippen molar-refractivity contribution in [2.75, 3.05) is 0 Å². The number of rotatable bonds is 4. The van der Waals surface area contributed by atoms with Crippen molar-refractivity contribution in [2.24, 2.45) is 0 Å². The molecule has 0 radical (unpaired) electrons.